The Bertz CT molecular complexity index is 206. The highest BCUT2D eigenvalue weighted by Gasteiger charge is 2.17. The molecule has 1 unspecified atom stereocenters. The number of carbonyl (C=O) groups is 2. The highest BCUT2D eigenvalue weighted by Crippen LogP contribution is 2.16. The summed E-state index contributed by atoms with van der Waals surface area (Å²) in [5.41, 5.74) is 0. The maximum atomic E-state index is 10.8. The molecular weight excluding hydrogens is 220 g/mol. The number of carboxylic acid groups (broad SMARTS) is 2. The number of hydrogen-bond donors (Lipinski definition) is 2. The van der Waals surface area contributed by atoms with Crippen molar-refractivity contribution >= 4 is 23.5 Å². The van der Waals surface area contributed by atoms with Gasteiger partial charge in [0, 0.05) is 12.3 Å². The van der Waals surface area contributed by atoms with E-state index in [4.69, 9.17) is 21.8 Å². The van der Waals surface area contributed by atoms with E-state index in [1.54, 1.807) is 0 Å². The largest absolute Gasteiger partial charge is 0.481 e. The molecule has 0 aliphatic carbocycles. The molecule has 0 bridgehead atoms. The van der Waals surface area contributed by atoms with E-state index in [0.717, 1.165) is 19.3 Å². The molecule has 0 aromatic rings. The maximum absolute atomic E-state index is 10.8. The third-order valence-corrected chi connectivity index (χ3v) is 2.51. The van der Waals surface area contributed by atoms with E-state index in [-0.39, 0.29) is 12.8 Å². The summed E-state index contributed by atoms with van der Waals surface area (Å²) in [6.07, 6.45) is 3.26. The first-order valence-corrected chi connectivity index (χ1v) is 5.62. The molecule has 0 spiro atoms. The summed E-state index contributed by atoms with van der Waals surface area (Å²) >= 11 is 5.49. The first-order chi connectivity index (χ1) is 7.07. The minimum Gasteiger partial charge on any atom is -0.481 e. The van der Waals surface area contributed by atoms with Gasteiger partial charge in [0.05, 0.1) is 5.92 Å². The van der Waals surface area contributed by atoms with E-state index in [1.807, 2.05) is 0 Å². The quantitative estimate of drug-likeness (QED) is 0.476. The lowest BCUT2D eigenvalue weighted by molar-refractivity contribution is -0.143. The van der Waals surface area contributed by atoms with Crippen molar-refractivity contribution in [3.63, 3.8) is 0 Å². The van der Waals surface area contributed by atoms with Gasteiger partial charge in [0.15, 0.2) is 0 Å². The number of aliphatic carboxylic acids is 2. The van der Waals surface area contributed by atoms with Gasteiger partial charge in [0.1, 0.15) is 0 Å². The lowest BCUT2D eigenvalue weighted by atomic mass is 9.96. The van der Waals surface area contributed by atoms with E-state index in [9.17, 15) is 9.59 Å². The van der Waals surface area contributed by atoms with Crippen molar-refractivity contribution in [2.45, 2.75) is 38.5 Å². The minimum absolute atomic E-state index is 0.0769. The predicted octanol–water partition coefficient (Wildman–Crippen LogP) is 2.35. The molecule has 0 rings (SSSR count). The standard InChI is InChI=1S/C10H17ClO4/c11-7-3-1-2-4-8(10(14)15)5-6-9(12)13/h8H,1-7H2,(H,12,13)(H,14,15). The van der Waals surface area contributed by atoms with E-state index in [1.165, 1.54) is 0 Å². The summed E-state index contributed by atoms with van der Waals surface area (Å²) < 4.78 is 0. The number of alkyl halides is 1. The van der Waals surface area contributed by atoms with E-state index >= 15 is 0 Å². The Morgan fingerprint density at radius 3 is 2.20 bits per heavy atom. The van der Waals surface area contributed by atoms with Gasteiger partial charge in [-0.2, -0.15) is 0 Å². The van der Waals surface area contributed by atoms with Gasteiger partial charge in [0.25, 0.3) is 0 Å². The molecule has 0 radical (unpaired) electrons. The molecule has 0 aliphatic heterocycles. The SMILES string of the molecule is O=C(O)CCC(CCCCCCl)C(=O)O. The Morgan fingerprint density at radius 2 is 1.73 bits per heavy atom. The average Bonchev–Trinajstić information content (AvgIpc) is 2.15. The maximum Gasteiger partial charge on any atom is 0.306 e. The highest BCUT2D eigenvalue weighted by atomic mass is 35.5. The van der Waals surface area contributed by atoms with Crippen LogP contribution in [0.3, 0.4) is 0 Å². The van der Waals surface area contributed by atoms with Crippen LogP contribution in [0.4, 0.5) is 0 Å². The number of rotatable bonds is 9. The number of unbranched alkanes of at least 4 members (excludes halogenated alkanes) is 2. The minimum atomic E-state index is -0.943. The lowest BCUT2D eigenvalue weighted by Gasteiger charge is -2.10. The second-order valence-corrected chi connectivity index (χ2v) is 3.88. The fraction of sp³-hybridized carbons (Fsp3) is 0.800. The van der Waals surface area contributed by atoms with E-state index in [2.05, 4.69) is 0 Å². The number of carboxylic acids is 2. The monoisotopic (exact) mass is 236 g/mol. The Labute approximate surface area is 94.2 Å². The molecule has 2 N–H and O–H groups in total. The Morgan fingerprint density at radius 1 is 1.07 bits per heavy atom. The van der Waals surface area contributed by atoms with Crippen molar-refractivity contribution in [2.24, 2.45) is 5.92 Å². The first-order valence-electron chi connectivity index (χ1n) is 5.08. The van der Waals surface area contributed by atoms with Gasteiger partial charge in [-0.3, -0.25) is 9.59 Å². The smallest absolute Gasteiger partial charge is 0.306 e. The summed E-state index contributed by atoms with van der Waals surface area (Å²) in [4.78, 5) is 21.0. The van der Waals surface area contributed by atoms with Crippen LogP contribution in [-0.4, -0.2) is 28.0 Å². The van der Waals surface area contributed by atoms with Crippen LogP contribution in [0.15, 0.2) is 0 Å². The Kier molecular flexibility index (Phi) is 8.09. The van der Waals surface area contributed by atoms with Gasteiger partial charge in [-0.05, 0) is 19.3 Å². The second-order valence-electron chi connectivity index (χ2n) is 3.51. The summed E-state index contributed by atoms with van der Waals surface area (Å²) in [5, 5.41) is 17.3. The molecule has 0 saturated heterocycles. The number of halogens is 1. The topological polar surface area (TPSA) is 74.6 Å². The van der Waals surface area contributed by atoms with Crippen LogP contribution in [0.2, 0.25) is 0 Å². The van der Waals surface area contributed by atoms with Crippen molar-refractivity contribution in [1.29, 1.82) is 0 Å². The third-order valence-electron chi connectivity index (χ3n) is 2.24. The molecule has 0 amide bonds. The summed E-state index contributed by atoms with van der Waals surface area (Å²) in [7, 11) is 0. The molecule has 88 valence electrons. The Balaban J connectivity index is 3.73. The third kappa shape index (κ3) is 8.24. The molecule has 0 heterocycles. The van der Waals surface area contributed by atoms with Gasteiger partial charge >= 0.3 is 11.9 Å². The van der Waals surface area contributed by atoms with Crippen LogP contribution in [0.1, 0.15) is 38.5 Å². The predicted molar refractivity (Wildman–Crippen MR) is 57.2 cm³/mol. The van der Waals surface area contributed by atoms with Crippen molar-refractivity contribution in [3.8, 4) is 0 Å². The first kappa shape index (κ1) is 14.2. The van der Waals surface area contributed by atoms with Gasteiger partial charge in [-0.25, -0.2) is 0 Å². The zero-order valence-corrected chi connectivity index (χ0v) is 9.37. The summed E-state index contributed by atoms with van der Waals surface area (Å²) in [6.45, 7) is 0. The van der Waals surface area contributed by atoms with Gasteiger partial charge in [-0.15, -0.1) is 11.6 Å². The molecule has 5 heteroatoms. The van der Waals surface area contributed by atoms with Crippen LogP contribution in [-0.2, 0) is 9.59 Å². The fourth-order valence-electron chi connectivity index (χ4n) is 1.35. The molecule has 0 aromatic carbocycles. The van der Waals surface area contributed by atoms with Gasteiger partial charge in [-0.1, -0.05) is 12.8 Å². The highest BCUT2D eigenvalue weighted by molar-refractivity contribution is 6.17. The molecular formula is C10H17ClO4. The molecule has 0 fully saturated rings. The fourth-order valence-corrected chi connectivity index (χ4v) is 1.54. The average molecular weight is 237 g/mol. The second kappa shape index (κ2) is 8.53. The van der Waals surface area contributed by atoms with Gasteiger partial charge in [0.2, 0.25) is 0 Å². The van der Waals surface area contributed by atoms with Crippen LogP contribution < -0.4 is 0 Å². The van der Waals surface area contributed by atoms with E-state index < -0.39 is 17.9 Å². The van der Waals surface area contributed by atoms with Gasteiger partial charge < -0.3 is 10.2 Å². The normalized spacial score (nSPS) is 12.3. The summed E-state index contributed by atoms with van der Waals surface area (Å²) in [5.74, 6) is -1.78. The molecule has 0 aromatic heterocycles. The zero-order valence-electron chi connectivity index (χ0n) is 8.62. The van der Waals surface area contributed by atoms with Crippen LogP contribution >= 0.6 is 11.6 Å². The van der Waals surface area contributed by atoms with Crippen molar-refractivity contribution in [3.05, 3.63) is 0 Å². The van der Waals surface area contributed by atoms with Crippen molar-refractivity contribution in [2.75, 3.05) is 5.88 Å². The molecule has 0 aliphatic rings. The zero-order chi connectivity index (χ0) is 11.7. The van der Waals surface area contributed by atoms with Crippen LogP contribution in [0, 0.1) is 5.92 Å². The van der Waals surface area contributed by atoms with E-state index in [0.29, 0.717) is 12.3 Å². The van der Waals surface area contributed by atoms with Crippen molar-refractivity contribution in [1.82, 2.24) is 0 Å². The molecule has 15 heavy (non-hydrogen) atoms. The number of hydrogen-bond acceptors (Lipinski definition) is 2. The molecule has 0 saturated carbocycles. The van der Waals surface area contributed by atoms with Crippen LogP contribution in [0.25, 0.3) is 0 Å². The van der Waals surface area contributed by atoms with Crippen LogP contribution in [0.5, 0.6) is 0 Å². The lowest BCUT2D eigenvalue weighted by Crippen LogP contribution is -2.15. The summed E-state index contributed by atoms with van der Waals surface area (Å²) in [6, 6.07) is 0. The molecule has 1 atom stereocenters. The van der Waals surface area contributed by atoms with Crippen molar-refractivity contribution < 1.29 is 19.8 Å². The Hall–Kier alpha value is -0.770. The molecule has 4 nitrogen and oxygen atoms in total.